The summed E-state index contributed by atoms with van der Waals surface area (Å²) < 4.78 is 6.84. The number of nitrogens with zero attached hydrogens (tertiary/aromatic N) is 2. The van der Waals surface area contributed by atoms with Gasteiger partial charge in [-0.25, -0.2) is 4.68 Å². The zero-order chi connectivity index (χ0) is 23.5. The van der Waals surface area contributed by atoms with Crippen LogP contribution < -0.4 is 20.7 Å². The van der Waals surface area contributed by atoms with Crippen molar-refractivity contribution in [3.8, 4) is 16.9 Å². The van der Waals surface area contributed by atoms with Crippen molar-refractivity contribution in [1.29, 1.82) is 0 Å². The molecule has 0 spiro atoms. The summed E-state index contributed by atoms with van der Waals surface area (Å²) >= 11 is 0. The molecule has 0 fully saturated rings. The van der Waals surface area contributed by atoms with E-state index >= 15 is 0 Å². The third-order valence-corrected chi connectivity index (χ3v) is 5.40. The summed E-state index contributed by atoms with van der Waals surface area (Å²) in [6.07, 6.45) is 0.621. The van der Waals surface area contributed by atoms with Gasteiger partial charge in [-0.1, -0.05) is 19.1 Å². The number of nitrogens with one attached hydrogen (secondary N) is 3. The average Bonchev–Trinajstić information content (AvgIpc) is 3.30. The van der Waals surface area contributed by atoms with Gasteiger partial charge in [-0.05, 0) is 48.4 Å². The van der Waals surface area contributed by atoms with Gasteiger partial charge < -0.3 is 20.7 Å². The SMILES string of the molecule is CCc1nn2c(c1-c1ccc(OC)cc1)NC(=O)C2CC(=O)Nc1ccc(NC(C)=O)cc1. The van der Waals surface area contributed by atoms with Crippen molar-refractivity contribution in [3.63, 3.8) is 0 Å². The van der Waals surface area contributed by atoms with Gasteiger partial charge >= 0.3 is 0 Å². The Balaban J connectivity index is 1.52. The lowest BCUT2D eigenvalue weighted by Gasteiger charge is -2.11. The number of aromatic nitrogens is 2. The number of carbonyl (C=O) groups excluding carboxylic acids is 3. The highest BCUT2D eigenvalue weighted by Gasteiger charge is 2.36. The van der Waals surface area contributed by atoms with E-state index in [9.17, 15) is 14.4 Å². The van der Waals surface area contributed by atoms with E-state index in [4.69, 9.17) is 4.74 Å². The largest absolute Gasteiger partial charge is 0.497 e. The number of rotatable bonds is 7. The summed E-state index contributed by atoms with van der Waals surface area (Å²) in [5.74, 6) is 0.583. The maximum absolute atomic E-state index is 12.7. The number of ether oxygens (including phenoxy) is 1. The number of amides is 3. The van der Waals surface area contributed by atoms with Gasteiger partial charge in [-0.3, -0.25) is 14.4 Å². The van der Waals surface area contributed by atoms with Gasteiger partial charge in [-0.15, -0.1) is 0 Å². The topological polar surface area (TPSA) is 114 Å². The molecule has 0 saturated carbocycles. The van der Waals surface area contributed by atoms with E-state index < -0.39 is 6.04 Å². The quantitative estimate of drug-likeness (QED) is 0.512. The molecule has 1 atom stereocenters. The molecule has 0 saturated heterocycles. The van der Waals surface area contributed by atoms with E-state index in [1.807, 2.05) is 31.2 Å². The number of hydrogen-bond acceptors (Lipinski definition) is 5. The zero-order valence-corrected chi connectivity index (χ0v) is 18.6. The Bertz CT molecular complexity index is 1200. The molecule has 1 aliphatic rings. The molecule has 9 heteroatoms. The van der Waals surface area contributed by atoms with Crippen molar-refractivity contribution in [2.24, 2.45) is 0 Å². The lowest BCUT2D eigenvalue weighted by Crippen LogP contribution is -2.24. The van der Waals surface area contributed by atoms with Gasteiger partial charge in [-0.2, -0.15) is 5.10 Å². The van der Waals surface area contributed by atoms with Crippen molar-refractivity contribution in [2.45, 2.75) is 32.7 Å². The summed E-state index contributed by atoms with van der Waals surface area (Å²) in [4.78, 5) is 36.5. The Morgan fingerprint density at radius 2 is 1.70 bits per heavy atom. The summed E-state index contributed by atoms with van der Waals surface area (Å²) in [7, 11) is 1.61. The first-order valence-electron chi connectivity index (χ1n) is 10.6. The highest BCUT2D eigenvalue weighted by atomic mass is 16.5. The standard InChI is InChI=1S/C24H25N5O4/c1-4-19-22(15-5-11-18(33-3)12-6-15)23-27-24(32)20(29(23)28-19)13-21(31)26-17-9-7-16(8-10-17)25-14(2)30/h5-12,20H,4,13H2,1-3H3,(H,25,30)(H,26,31)(H,27,32). The minimum atomic E-state index is -0.740. The smallest absolute Gasteiger partial charge is 0.251 e. The molecule has 3 N–H and O–H groups in total. The van der Waals surface area contributed by atoms with E-state index in [1.165, 1.54) is 6.92 Å². The van der Waals surface area contributed by atoms with Crippen LogP contribution in [-0.4, -0.2) is 34.6 Å². The molecular formula is C24H25N5O4. The molecule has 170 valence electrons. The zero-order valence-electron chi connectivity index (χ0n) is 18.6. The first-order chi connectivity index (χ1) is 15.9. The van der Waals surface area contributed by atoms with Crippen molar-refractivity contribution in [3.05, 3.63) is 54.2 Å². The van der Waals surface area contributed by atoms with Crippen LogP contribution in [-0.2, 0) is 20.8 Å². The number of carbonyl (C=O) groups is 3. The molecule has 0 aliphatic carbocycles. The van der Waals surface area contributed by atoms with Crippen LogP contribution in [0.1, 0.15) is 32.0 Å². The van der Waals surface area contributed by atoms with Crippen molar-refractivity contribution < 1.29 is 19.1 Å². The summed E-state index contributed by atoms with van der Waals surface area (Å²) in [6.45, 7) is 3.43. The van der Waals surface area contributed by atoms with Crippen LogP contribution in [0.4, 0.5) is 17.2 Å². The first kappa shape index (κ1) is 22.1. The average molecular weight is 447 g/mol. The third-order valence-electron chi connectivity index (χ3n) is 5.40. The van der Waals surface area contributed by atoms with Gasteiger partial charge in [0, 0.05) is 23.9 Å². The summed E-state index contributed by atoms with van der Waals surface area (Å²) in [5.41, 5.74) is 3.81. The minimum Gasteiger partial charge on any atom is -0.497 e. The molecule has 2 heterocycles. The van der Waals surface area contributed by atoms with Gasteiger partial charge in [0.15, 0.2) is 0 Å². The fourth-order valence-electron chi connectivity index (χ4n) is 3.85. The van der Waals surface area contributed by atoms with Crippen molar-refractivity contribution in [2.75, 3.05) is 23.1 Å². The van der Waals surface area contributed by atoms with Crippen LogP contribution in [0, 0.1) is 0 Å². The van der Waals surface area contributed by atoms with E-state index in [1.54, 1.807) is 36.1 Å². The summed E-state index contributed by atoms with van der Waals surface area (Å²) in [6, 6.07) is 13.6. The van der Waals surface area contributed by atoms with Gasteiger partial charge in [0.25, 0.3) is 5.91 Å². The van der Waals surface area contributed by atoms with Gasteiger partial charge in [0.05, 0.1) is 19.2 Å². The number of anilines is 3. The third kappa shape index (κ3) is 4.57. The molecule has 1 aromatic heterocycles. The van der Waals surface area contributed by atoms with E-state index in [0.717, 1.165) is 22.6 Å². The minimum absolute atomic E-state index is 0.0564. The molecule has 0 radical (unpaired) electrons. The number of benzene rings is 2. The van der Waals surface area contributed by atoms with Crippen LogP contribution in [0.25, 0.3) is 11.1 Å². The first-order valence-corrected chi connectivity index (χ1v) is 10.6. The van der Waals surface area contributed by atoms with Crippen LogP contribution in [0.15, 0.2) is 48.5 Å². The van der Waals surface area contributed by atoms with Crippen LogP contribution >= 0.6 is 0 Å². The van der Waals surface area contributed by atoms with Gasteiger partial charge in [0.2, 0.25) is 11.8 Å². The van der Waals surface area contributed by atoms with E-state index in [2.05, 4.69) is 21.0 Å². The Morgan fingerprint density at radius 3 is 2.27 bits per heavy atom. The summed E-state index contributed by atoms with van der Waals surface area (Å²) in [5, 5.41) is 13.0. The van der Waals surface area contributed by atoms with Crippen molar-refractivity contribution >= 4 is 34.9 Å². The van der Waals surface area contributed by atoms with Gasteiger partial charge in [0.1, 0.15) is 17.6 Å². The van der Waals surface area contributed by atoms with Crippen LogP contribution in [0.5, 0.6) is 5.75 Å². The number of aryl methyl sites for hydroxylation is 1. The molecule has 0 bridgehead atoms. The highest BCUT2D eigenvalue weighted by Crippen LogP contribution is 2.39. The Morgan fingerprint density at radius 1 is 1.06 bits per heavy atom. The fourth-order valence-corrected chi connectivity index (χ4v) is 3.85. The number of fused-ring (bicyclic) bond motifs is 1. The lowest BCUT2D eigenvalue weighted by molar-refractivity contribution is -0.123. The Labute approximate surface area is 191 Å². The number of hydrogen-bond donors (Lipinski definition) is 3. The molecule has 1 unspecified atom stereocenters. The molecule has 4 rings (SSSR count). The number of methoxy groups -OCH3 is 1. The molecule has 9 nitrogen and oxygen atoms in total. The van der Waals surface area contributed by atoms with Crippen molar-refractivity contribution in [1.82, 2.24) is 9.78 Å². The maximum atomic E-state index is 12.7. The second-order valence-electron chi connectivity index (χ2n) is 7.71. The normalized spacial score (nSPS) is 14.4. The monoisotopic (exact) mass is 447 g/mol. The lowest BCUT2D eigenvalue weighted by atomic mass is 10.0. The molecule has 2 aromatic carbocycles. The molecule has 33 heavy (non-hydrogen) atoms. The van der Waals surface area contributed by atoms with E-state index in [0.29, 0.717) is 23.6 Å². The van der Waals surface area contributed by atoms with E-state index in [-0.39, 0.29) is 24.1 Å². The second-order valence-corrected chi connectivity index (χ2v) is 7.71. The molecule has 3 aromatic rings. The molecule has 3 amide bonds. The van der Waals surface area contributed by atoms with Crippen LogP contribution in [0.3, 0.4) is 0 Å². The predicted octanol–water partition coefficient (Wildman–Crippen LogP) is 3.60. The molecule has 1 aliphatic heterocycles. The van der Waals surface area contributed by atoms with Crippen LogP contribution in [0.2, 0.25) is 0 Å². The molecular weight excluding hydrogens is 422 g/mol. The maximum Gasteiger partial charge on any atom is 0.251 e. The highest BCUT2D eigenvalue weighted by molar-refractivity contribution is 6.04. The second kappa shape index (κ2) is 9.15. The predicted molar refractivity (Wildman–Crippen MR) is 125 cm³/mol. The Kier molecular flexibility index (Phi) is 6.12. The Hall–Kier alpha value is -4.14. The fraction of sp³-hybridized carbons (Fsp3) is 0.250.